The first-order valence-electron chi connectivity index (χ1n) is 9.48. The highest BCUT2D eigenvalue weighted by atomic mass is 32.2. The molecule has 0 bridgehead atoms. The van der Waals surface area contributed by atoms with E-state index in [1.165, 1.54) is 4.31 Å². The zero-order valence-electron chi connectivity index (χ0n) is 16.1. The van der Waals surface area contributed by atoms with E-state index in [0.717, 1.165) is 11.1 Å². The molecule has 6 nitrogen and oxygen atoms in total. The molecule has 2 fully saturated rings. The number of hydrogen-bond acceptors (Lipinski definition) is 4. The first kappa shape index (κ1) is 20.0. The second-order valence-corrected chi connectivity index (χ2v) is 9.43. The maximum Gasteiger partial charge on any atom is 0.222 e. The number of hydrogen-bond donors (Lipinski definition) is 1. The van der Waals surface area contributed by atoms with E-state index >= 15 is 0 Å². The van der Waals surface area contributed by atoms with Gasteiger partial charge >= 0.3 is 0 Å². The Labute approximate surface area is 161 Å². The lowest BCUT2D eigenvalue weighted by molar-refractivity contribution is -0.167. The highest BCUT2D eigenvalue weighted by Crippen LogP contribution is 2.55. The van der Waals surface area contributed by atoms with Gasteiger partial charge in [-0.3, -0.25) is 4.79 Å². The van der Waals surface area contributed by atoms with Crippen LogP contribution in [-0.2, 0) is 14.8 Å². The zero-order valence-corrected chi connectivity index (χ0v) is 16.9. The quantitative estimate of drug-likeness (QED) is 0.801. The van der Waals surface area contributed by atoms with Crippen molar-refractivity contribution in [3.63, 3.8) is 0 Å². The van der Waals surface area contributed by atoms with Crippen molar-refractivity contribution >= 4 is 22.0 Å². The molecule has 2 atom stereocenters. The molecule has 0 aliphatic carbocycles. The third-order valence-corrected chi connectivity index (χ3v) is 7.76. The Balaban J connectivity index is 1.97. The van der Waals surface area contributed by atoms with Gasteiger partial charge in [0.2, 0.25) is 15.9 Å². The standard InChI is InChI=1S/C20H28N2O4S/c1-4-7-15-8-10-16(11-9-15)19-17(12-23)22(27(25,26)6-3)20(19)13-21(14-20)18(24)5-2/h4,7-11,17,19,23H,5-6,12-14H2,1-3H3/b7-4+/t17-,19-/m1/s1. The summed E-state index contributed by atoms with van der Waals surface area (Å²) in [6.45, 7) is 5.92. The lowest BCUT2D eigenvalue weighted by Crippen LogP contribution is -2.85. The molecule has 0 radical (unpaired) electrons. The molecule has 1 aromatic rings. The van der Waals surface area contributed by atoms with Gasteiger partial charge in [0, 0.05) is 25.4 Å². The van der Waals surface area contributed by atoms with E-state index in [-0.39, 0.29) is 24.2 Å². The lowest BCUT2D eigenvalue weighted by atomic mass is 9.62. The molecule has 27 heavy (non-hydrogen) atoms. The van der Waals surface area contributed by atoms with Crippen molar-refractivity contribution in [1.82, 2.24) is 9.21 Å². The Morgan fingerprint density at radius 2 is 1.89 bits per heavy atom. The maximum absolute atomic E-state index is 12.7. The van der Waals surface area contributed by atoms with E-state index in [9.17, 15) is 18.3 Å². The van der Waals surface area contributed by atoms with E-state index in [1.807, 2.05) is 50.3 Å². The fourth-order valence-corrected chi connectivity index (χ4v) is 6.23. The van der Waals surface area contributed by atoms with E-state index < -0.39 is 21.6 Å². The van der Waals surface area contributed by atoms with Crippen LogP contribution in [0, 0.1) is 0 Å². The molecule has 2 aliphatic rings. The highest BCUT2D eigenvalue weighted by molar-refractivity contribution is 7.89. The van der Waals surface area contributed by atoms with E-state index in [1.54, 1.807) is 11.8 Å². The van der Waals surface area contributed by atoms with Crippen molar-refractivity contribution in [2.45, 2.75) is 44.7 Å². The molecule has 1 N–H and O–H groups in total. The summed E-state index contributed by atoms with van der Waals surface area (Å²) in [6, 6.07) is 7.53. The topological polar surface area (TPSA) is 77.9 Å². The van der Waals surface area contributed by atoms with E-state index in [4.69, 9.17) is 0 Å². The summed E-state index contributed by atoms with van der Waals surface area (Å²) < 4.78 is 26.9. The second-order valence-electron chi connectivity index (χ2n) is 7.30. The summed E-state index contributed by atoms with van der Waals surface area (Å²) in [5.41, 5.74) is 1.44. The van der Waals surface area contributed by atoms with E-state index in [2.05, 4.69) is 0 Å². The first-order chi connectivity index (χ1) is 12.8. The smallest absolute Gasteiger partial charge is 0.222 e. The second kappa shape index (κ2) is 7.37. The van der Waals surface area contributed by atoms with Crippen LogP contribution in [0.25, 0.3) is 6.08 Å². The number of nitrogens with zero attached hydrogens (tertiary/aromatic N) is 2. The molecule has 7 heteroatoms. The molecular formula is C20H28N2O4S. The number of benzene rings is 1. The summed E-state index contributed by atoms with van der Waals surface area (Å²) in [5.74, 6) is -0.103. The van der Waals surface area contributed by atoms with Crippen LogP contribution < -0.4 is 0 Å². The van der Waals surface area contributed by atoms with Gasteiger partial charge in [0.05, 0.1) is 23.9 Å². The molecule has 2 aliphatic heterocycles. The number of rotatable bonds is 6. The van der Waals surface area contributed by atoms with Gasteiger partial charge in [0.15, 0.2) is 0 Å². The Morgan fingerprint density at radius 1 is 1.26 bits per heavy atom. The van der Waals surface area contributed by atoms with Crippen LogP contribution in [0.2, 0.25) is 0 Å². The third kappa shape index (κ3) is 3.11. The minimum atomic E-state index is -3.48. The Morgan fingerprint density at radius 3 is 2.37 bits per heavy atom. The van der Waals surface area contributed by atoms with Gasteiger partial charge in [-0.05, 0) is 25.0 Å². The Bertz CT molecular complexity index is 826. The molecule has 1 spiro atoms. The Hall–Kier alpha value is -1.70. The number of likely N-dealkylation sites (tertiary alicyclic amines) is 1. The van der Waals surface area contributed by atoms with Crippen LogP contribution in [0.1, 0.15) is 44.2 Å². The number of aliphatic hydroxyl groups is 1. The maximum atomic E-state index is 12.7. The van der Waals surface area contributed by atoms with Crippen LogP contribution >= 0.6 is 0 Å². The molecule has 1 aromatic carbocycles. The molecule has 2 heterocycles. The molecule has 3 rings (SSSR count). The number of carbonyl (C=O) groups excluding carboxylic acids is 1. The van der Waals surface area contributed by atoms with Gasteiger partial charge in [0.1, 0.15) is 0 Å². The summed E-state index contributed by atoms with van der Waals surface area (Å²) in [7, 11) is -3.48. The predicted octanol–water partition coefficient (Wildman–Crippen LogP) is 1.82. The van der Waals surface area contributed by atoms with Crippen molar-refractivity contribution in [3.8, 4) is 0 Å². The van der Waals surface area contributed by atoms with Crippen molar-refractivity contribution in [1.29, 1.82) is 0 Å². The largest absolute Gasteiger partial charge is 0.395 e. The minimum Gasteiger partial charge on any atom is -0.395 e. The average molecular weight is 393 g/mol. The molecule has 0 unspecified atom stereocenters. The summed E-state index contributed by atoms with van der Waals surface area (Å²) in [4.78, 5) is 13.8. The summed E-state index contributed by atoms with van der Waals surface area (Å²) in [5, 5.41) is 9.96. The van der Waals surface area contributed by atoms with Gasteiger partial charge in [-0.1, -0.05) is 43.3 Å². The number of allylic oxidation sites excluding steroid dienone is 1. The monoisotopic (exact) mass is 392 g/mol. The van der Waals surface area contributed by atoms with Crippen LogP contribution in [0.5, 0.6) is 0 Å². The van der Waals surface area contributed by atoms with Crippen molar-refractivity contribution in [2.75, 3.05) is 25.4 Å². The number of sulfonamides is 1. The van der Waals surface area contributed by atoms with Gasteiger partial charge in [-0.15, -0.1) is 0 Å². The lowest BCUT2D eigenvalue weighted by Gasteiger charge is -2.69. The van der Waals surface area contributed by atoms with Crippen LogP contribution in [0.15, 0.2) is 30.3 Å². The van der Waals surface area contributed by atoms with Gasteiger partial charge in [-0.25, -0.2) is 8.42 Å². The Kier molecular flexibility index (Phi) is 5.47. The average Bonchev–Trinajstić information content (AvgIpc) is 2.61. The summed E-state index contributed by atoms with van der Waals surface area (Å²) in [6.07, 6.45) is 4.37. The van der Waals surface area contributed by atoms with Gasteiger partial charge < -0.3 is 10.0 Å². The van der Waals surface area contributed by atoms with Crippen molar-refractivity contribution < 1.29 is 18.3 Å². The minimum absolute atomic E-state index is 0.0140. The van der Waals surface area contributed by atoms with Crippen LogP contribution in [0.3, 0.4) is 0 Å². The highest BCUT2D eigenvalue weighted by Gasteiger charge is 2.69. The molecule has 0 aromatic heterocycles. The third-order valence-electron chi connectivity index (χ3n) is 5.79. The number of aliphatic hydroxyl groups excluding tert-OH is 1. The van der Waals surface area contributed by atoms with Gasteiger partial charge in [0.25, 0.3) is 0 Å². The zero-order chi connectivity index (χ0) is 19.8. The summed E-state index contributed by atoms with van der Waals surface area (Å²) >= 11 is 0. The predicted molar refractivity (Wildman–Crippen MR) is 106 cm³/mol. The normalized spacial score (nSPS) is 24.8. The SMILES string of the molecule is C/C=C/c1ccc([C@@H]2[C@@H](CO)N(S(=O)(=O)CC)C23CN(C(=O)CC)C3)cc1. The molecule has 2 saturated heterocycles. The number of carbonyl (C=O) groups is 1. The van der Waals surface area contributed by atoms with Gasteiger partial charge in [-0.2, -0.15) is 4.31 Å². The van der Waals surface area contributed by atoms with Crippen molar-refractivity contribution in [3.05, 3.63) is 41.5 Å². The molecule has 148 valence electrons. The number of amides is 1. The first-order valence-corrected chi connectivity index (χ1v) is 11.1. The van der Waals surface area contributed by atoms with E-state index in [0.29, 0.717) is 19.5 Å². The molecule has 1 amide bonds. The fourth-order valence-electron chi connectivity index (χ4n) is 4.57. The van der Waals surface area contributed by atoms with Crippen LogP contribution in [0.4, 0.5) is 0 Å². The molecular weight excluding hydrogens is 364 g/mol. The van der Waals surface area contributed by atoms with Crippen LogP contribution in [-0.4, -0.2) is 65.7 Å². The van der Waals surface area contributed by atoms with Crippen molar-refractivity contribution in [2.24, 2.45) is 0 Å². The fraction of sp³-hybridized carbons (Fsp3) is 0.550. The molecule has 0 saturated carbocycles.